The third-order valence-electron chi connectivity index (χ3n) is 4.81. The van der Waals surface area contributed by atoms with Crippen molar-refractivity contribution in [2.45, 2.75) is 57.0 Å². The molecule has 0 spiro atoms. The van der Waals surface area contributed by atoms with Crippen LogP contribution >= 0.6 is 0 Å². The molecule has 2 fully saturated rings. The zero-order chi connectivity index (χ0) is 15.3. The first-order chi connectivity index (χ1) is 10.0. The van der Waals surface area contributed by atoms with Crippen molar-refractivity contribution in [3.8, 4) is 0 Å². The minimum absolute atomic E-state index is 0.0852. The van der Waals surface area contributed by atoms with Crippen molar-refractivity contribution in [1.82, 2.24) is 10.2 Å². The molecule has 2 amide bonds. The number of rotatable bonds is 5. The zero-order valence-electron chi connectivity index (χ0n) is 12.5. The Bertz CT molecular complexity index is 388. The van der Waals surface area contributed by atoms with E-state index in [2.05, 4.69) is 5.32 Å². The Hall–Kier alpha value is -1.30. The summed E-state index contributed by atoms with van der Waals surface area (Å²) in [6, 6.07) is -0.0852. The Kier molecular flexibility index (Phi) is 5.45. The number of aliphatic hydroxyl groups is 1. The molecule has 1 heterocycles. The van der Waals surface area contributed by atoms with Gasteiger partial charge in [-0.05, 0) is 32.1 Å². The van der Waals surface area contributed by atoms with Crippen molar-refractivity contribution >= 4 is 12.0 Å². The lowest BCUT2D eigenvalue weighted by Gasteiger charge is -2.47. The van der Waals surface area contributed by atoms with Crippen LogP contribution < -0.4 is 5.32 Å². The van der Waals surface area contributed by atoms with E-state index in [1.807, 2.05) is 0 Å². The number of piperidine rings is 1. The van der Waals surface area contributed by atoms with Gasteiger partial charge < -0.3 is 20.4 Å². The largest absolute Gasteiger partial charge is 0.481 e. The average Bonchev–Trinajstić information content (AvgIpc) is 2.45. The maximum absolute atomic E-state index is 12.1. The Labute approximate surface area is 125 Å². The van der Waals surface area contributed by atoms with Gasteiger partial charge in [0.25, 0.3) is 0 Å². The Morgan fingerprint density at radius 2 is 2.05 bits per heavy atom. The topological polar surface area (TPSA) is 89.9 Å². The molecule has 21 heavy (non-hydrogen) atoms. The number of carboxylic acid groups (broad SMARTS) is 1. The second-order valence-corrected chi connectivity index (χ2v) is 6.33. The number of unbranched alkanes of at least 4 members (excludes halogenated alkanes) is 1. The number of carboxylic acids is 1. The maximum atomic E-state index is 12.1. The quantitative estimate of drug-likeness (QED) is 0.672. The second kappa shape index (κ2) is 7.11. The molecule has 0 aromatic carbocycles. The van der Waals surface area contributed by atoms with Gasteiger partial charge in [-0.2, -0.15) is 0 Å². The third-order valence-corrected chi connectivity index (χ3v) is 4.81. The van der Waals surface area contributed by atoms with E-state index in [1.54, 1.807) is 4.90 Å². The molecule has 120 valence electrons. The molecule has 1 aliphatic carbocycles. The number of hydrogen-bond donors (Lipinski definition) is 3. The lowest BCUT2D eigenvalue weighted by molar-refractivity contribution is -0.137. The molecule has 2 aliphatic rings. The van der Waals surface area contributed by atoms with Gasteiger partial charge >= 0.3 is 12.0 Å². The number of fused-ring (bicyclic) bond motifs is 1. The van der Waals surface area contributed by atoms with Crippen molar-refractivity contribution in [3.63, 3.8) is 0 Å². The molecule has 1 aliphatic heterocycles. The van der Waals surface area contributed by atoms with Crippen molar-refractivity contribution in [1.29, 1.82) is 0 Å². The summed E-state index contributed by atoms with van der Waals surface area (Å²) in [7, 11) is 0. The Morgan fingerprint density at radius 3 is 2.81 bits per heavy atom. The highest BCUT2D eigenvalue weighted by atomic mass is 16.4. The predicted octanol–water partition coefficient (Wildman–Crippen LogP) is 1.58. The van der Waals surface area contributed by atoms with Gasteiger partial charge in [0.05, 0.1) is 5.60 Å². The second-order valence-electron chi connectivity index (χ2n) is 6.33. The van der Waals surface area contributed by atoms with Gasteiger partial charge in [0, 0.05) is 32.0 Å². The number of nitrogens with one attached hydrogen (secondary N) is 1. The molecule has 2 atom stereocenters. The predicted molar refractivity (Wildman–Crippen MR) is 78.0 cm³/mol. The molecule has 1 saturated heterocycles. The average molecular weight is 298 g/mol. The van der Waals surface area contributed by atoms with E-state index < -0.39 is 11.6 Å². The third kappa shape index (κ3) is 4.33. The molecule has 1 saturated carbocycles. The molecule has 0 aromatic rings. The highest BCUT2D eigenvalue weighted by molar-refractivity contribution is 5.74. The first kappa shape index (κ1) is 16.1. The summed E-state index contributed by atoms with van der Waals surface area (Å²) in [4.78, 5) is 24.3. The van der Waals surface area contributed by atoms with Gasteiger partial charge in [-0.25, -0.2) is 4.79 Å². The number of likely N-dealkylation sites (tertiary alicyclic amines) is 1. The molecule has 0 bridgehead atoms. The molecule has 6 heteroatoms. The number of nitrogens with zero attached hydrogens (tertiary/aromatic N) is 1. The number of amides is 2. The van der Waals surface area contributed by atoms with Crippen LogP contribution in [-0.4, -0.2) is 52.3 Å². The van der Waals surface area contributed by atoms with Crippen LogP contribution in [0.1, 0.15) is 51.4 Å². The summed E-state index contributed by atoms with van der Waals surface area (Å²) in [5.41, 5.74) is -0.559. The molecular formula is C15H26N2O4. The normalized spacial score (nSPS) is 28.8. The molecule has 6 nitrogen and oxygen atoms in total. The zero-order valence-corrected chi connectivity index (χ0v) is 12.5. The van der Waals surface area contributed by atoms with E-state index in [9.17, 15) is 14.7 Å². The molecule has 3 N–H and O–H groups in total. The standard InChI is InChI=1S/C15H26N2O4/c18-13(19)6-2-4-9-16-14(20)17-10-8-15(21)7-3-1-5-12(15)11-17/h12,21H,1-11H2,(H,16,20)(H,18,19). The summed E-state index contributed by atoms with van der Waals surface area (Å²) in [5, 5.41) is 22.0. The minimum Gasteiger partial charge on any atom is -0.481 e. The maximum Gasteiger partial charge on any atom is 0.317 e. The van der Waals surface area contributed by atoms with Crippen molar-refractivity contribution in [2.24, 2.45) is 5.92 Å². The van der Waals surface area contributed by atoms with Gasteiger partial charge in [0.2, 0.25) is 0 Å². The lowest BCUT2D eigenvalue weighted by atomic mass is 9.71. The van der Waals surface area contributed by atoms with Crippen LogP contribution in [0.3, 0.4) is 0 Å². The summed E-state index contributed by atoms with van der Waals surface area (Å²) in [5.74, 6) is -0.591. The monoisotopic (exact) mass is 298 g/mol. The summed E-state index contributed by atoms with van der Waals surface area (Å²) in [6.07, 6.45) is 6.16. The van der Waals surface area contributed by atoms with Crippen molar-refractivity contribution in [3.05, 3.63) is 0 Å². The van der Waals surface area contributed by atoms with Gasteiger partial charge in [-0.15, -0.1) is 0 Å². The molecular weight excluding hydrogens is 272 g/mol. The van der Waals surface area contributed by atoms with E-state index in [0.29, 0.717) is 38.9 Å². The number of hydrogen-bond acceptors (Lipinski definition) is 3. The highest BCUT2D eigenvalue weighted by Crippen LogP contribution is 2.39. The van der Waals surface area contributed by atoms with Gasteiger partial charge in [-0.3, -0.25) is 4.79 Å². The SMILES string of the molecule is O=C(O)CCCCNC(=O)N1CCC2(O)CCCCC2C1. The van der Waals surface area contributed by atoms with E-state index in [-0.39, 0.29) is 18.4 Å². The molecule has 0 aromatic heterocycles. The first-order valence-electron chi connectivity index (χ1n) is 7.98. The summed E-state index contributed by atoms with van der Waals surface area (Å²) < 4.78 is 0. The molecule has 2 unspecified atom stereocenters. The minimum atomic E-state index is -0.797. The van der Waals surface area contributed by atoms with Crippen LogP contribution in [0.2, 0.25) is 0 Å². The summed E-state index contributed by atoms with van der Waals surface area (Å²) in [6.45, 7) is 1.75. The Balaban J connectivity index is 1.70. The highest BCUT2D eigenvalue weighted by Gasteiger charge is 2.43. The number of carbonyl (C=O) groups is 2. The van der Waals surface area contributed by atoms with E-state index in [1.165, 1.54) is 0 Å². The smallest absolute Gasteiger partial charge is 0.317 e. The van der Waals surface area contributed by atoms with Gasteiger partial charge in [-0.1, -0.05) is 12.8 Å². The van der Waals surface area contributed by atoms with Crippen molar-refractivity contribution in [2.75, 3.05) is 19.6 Å². The molecule has 0 radical (unpaired) electrons. The fourth-order valence-corrected chi connectivity index (χ4v) is 3.46. The number of urea groups is 1. The van der Waals surface area contributed by atoms with Gasteiger partial charge in [0.15, 0.2) is 0 Å². The van der Waals surface area contributed by atoms with E-state index in [0.717, 1.165) is 25.7 Å². The van der Waals surface area contributed by atoms with Crippen LogP contribution in [0.25, 0.3) is 0 Å². The van der Waals surface area contributed by atoms with Crippen LogP contribution in [0.5, 0.6) is 0 Å². The summed E-state index contributed by atoms with van der Waals surface area (Å²) >= 11 is 0. The van der Waals surface area contributed by atoms with E-state index >= 15 is 0 Å². The number of carbonyl (C=O) groups excluding carboxylic acids is 1. The van der Waals surface area contributed by atoms with Crippen LogP contribution in [0.4, 0.5) is 4.79 Å². The molecule has 2 rings (SSSR count). The number of aliphatic carboxylic acids is 1. The van der Waals surface area contributed by atoms with Crippen LogP contribution in [-0.2, 0) is 4.79 Å². The van der Waals surface area contributed by atoms with Crippen molar-refractivity contribution < 1.29 is 19.8 Å². The fourth-order valence-electron chi connectivity index (χ4n) is 3.46. The van der Waals surface area contributed by atoms with Gasteiger partial charge in [0.1, 0.15) is 0 Å². The lowest BCUT2D eigenvalue weighted by Crippen LogP contribution is -2.56. The first-order valence-corrected chi connectivity index (χ1v) is 7.98. The van der Waals surface area contributed by atoms with Crippen LogP contribution in [0, 0.1) is 5.92 Å². The Morgan fingerprint density at radius 1 is 1.24 bits per heavy atom. The fraction of sp³-hybridized carbons (Fsp3) is 0.867. The van der Waals surface area contributed by atoms with E-state index in [4.69, 9.17) is 5.11 Å². The van der Waals surface area contributed by atoms with Crippen LogP contribution in [0.15, 0.2) is 0 Å².